The summed E-state index contributed by atoms with van der Waals surface area (Å²) in [6.45, 7) is 5.76. The maximum Gasteiger partial charge on any atom is 0.163 e. The van der Waals surface area contributed by atoms with Gasteiger partial charge in [0.15, 0.2) is 5.78 Å². The minimum absolute atomic E-state index is 0.0486. The van der Waals surface area contributed by atoms with Gasteiger partial charge in [-0.05, 0) is 62.1 Å². The van der Waals surface area contributed by atoms with Crippen molar-refractivity contribution in [3.8, 4) is 11.5 Å². The summed E-state index contributed by atoms with van der Waals surface area (Å²) in [5.74, 6) is -0.451. The molecule has 0 atom stereocenters. The highest BCUT2D eigenvalue weighted by atomic mass is 79.9. The first-order valence-corrected chi connectivity index (χ1v) is 8.42. The fourth-order valence-corrected chi connectivity index (χ4v) is 2.50. The van der Waals surface area contributed by atoms with Crippen LogP contribution in [0.25, 0.3) is 0 Å². The van der Waals surface area contributed by atoms with E-state index < -0.39 is 0 Å². The Kier molecular flexibility index (Phi) is 7.83. The molecule has 0 aliphatic rings. The molecule has 3 nitrogen and oxygen atoms in total. The number of aryl methyl sites for hydroxylation is 2. The van der Waals surface area contributed by atoms with E-state index in [4.69, 9.17) is 10.2 Å². The van der Waals surface area contributed by atoms with Crippen molar-refractivity contribution >= 4 is 21.7 Å². The van der Waals surface area contributed by atoms with Crippen molar-refractivity contribution in [2.75, 3.05) is 0 Å². The van der Waals surface area contributed by atoms with Gasteiger partial charge >= 0.3 is 0 Å². The summed E-state index contributed by atoms with van der Waals surface area (Å²) < 4.78 is 1.19. The van der Waals surface area contributed by atoms with Crippen LogP contribution in [-0.4, -0.2) is 16.0 Å². The number of unbranched alkanes of at least 4 members (excludes halogenated alkanes) is 1. The molecule has 124 valence electrons. The molecule has 0 unspecified atom stereocenters. The highest BCUT2D eigenvalue weighted by Gasteiger charge is 2.05. The summed E-state index contributed by atoms with van der Waals surface area (Å²) in [5.41, 5.74) is 3.11. The Morgan fingerprint density at radius 3 is 2.39 bits per heavy atom. The average molecular weight is 379 g/mol. The van der Waals surface area contributed by atoms with Crippen molar-refractivity contribution in [1.29, 1.82) is 0 Å². The highest BCUT2D eigenvalue weighted by Crippen LogP contribution is 2.22. The molecule has 0 saturated heterocycles. The van der Waals surface area contributed by atoms with E-state index in [-0.39, 0.29) is 22.8 Å². The van der Waals surface area contributed by atoms with Crippen LogP contribution in [0.3, 0.4) is 0 Å². The quantitative estimate of drug-likeness (QED) is 0.700. The molecule has 0 radical (unpaired) electrons. The van der Waals surface area contributed by atoms with E-state index in [2.05, 4.69) is 48.0 Å². The summed E-state index contributed by atoms with van der Waals surface area (Å²) in [5, 5.41) is 17.9. The maximum atomic E-state index is 10.7. The number of carbonyl (C=O) groups is 1. The molecule has 0 amide bonds. The molecule has 0 heterocycles. The van der Waals surface area contributed by atoms with Gasteiger partial charge in [0, 0.05) is 10.5 Å². The number of Topliss-reactive ketones (excluding diaryl/α,β-unsaturated/α-hetero) is 1. The molecule has 23 heavy (non-hydrogen) atoms. The predicted molar refractivity (Wildman–Crippen MR) is 97.3 cm³/mol. The minimum Gasteiger partial charge on any atom is -0.508 e. The lowest BCUT2D eigenvalue weighted by Crippen LogP contribution is -1.91. The molecule has 0 aliphatic carbocycles. The summed E-state index contributed by atoms with van der Waals surface area (Å²) in [6, 6.07) is 10.4. The molecule has 0 aliphatic heterocycles. The van der Waals surface area contributed by atoms with Crippen LogP contribution in [-0.2, 0) is 6.42 Å². The zero-order valence-corrected chi connectivity index (χ0v) is 15.4. The summed E-state index contributed by atoms with van der Waals surface area (Å²) in [7, 11) is 0. The Morgan fingerprint density at radius 2 is 1.83 bits per heavy atom. The van der Waals surface area contributed by atoms with Crippen LogP contribution in [0, 0.1) is 6.92 Å². The number of carbonyl (C=O) groups excluding carboxylic acids is 1. The number of hydrogen-bond donors (Lipinski definition) is 2. The molecule has 2 aromatic carbocycles. The van der Waals surface area contributed by atoms with Gasteiger partial charge in [-0.3, -0.25) is 4.79 Å². The predicted octanol–water partition coefficient (Wildman–Crippen LogP) is 5.40. The lowest BCUT2D eigenvalue weighted by Gasteiger charge is -2.04. The van der Waals surface area contributed by atoms with Crippen molar-refractivity contribution in [3.05, 3.63) is 57.6 Å². The van der Waals surface area contributed by atoms with Gasteiger partial charge in [-0.2, -0.15) is 0 Å². The molecule has 0 fully saturated rings. The van der Waals surface area contributed by atoms with Gasteiger partial charge in [0.25, 0.3) is 0 Å². The van der Waals surface area contributed by atoms with Crippen LogP contribution in [0.1, 0.15) is 48.2 Å². The molecule has 0 saturated carbocycles. The average Bonchev–Trinajstić information content (AvgIpc) is 2.48. The van der Waals surface area contributed by atoms with Crippen LogP contribution in [0.4, 0.5) is 0 Å². The monoisotopic (exact) mass is 378 g/mol. The van der Waals surface area contributed by atoms with Crippen LogP contribution >= 0.6 is 15.9 Å². The third-order valence-corrected chi connectivity index (χ3v) is 3.96. The van der Waals surface area contributed by atoms with E-state index in [1.54, 1.807) is 0 Å². The van der Waals surface area contributed by atoms with Gasteiger partial charge in [0.1, 0.15) is 11.5 Å². The van der Waals surface area contributed by atoms with Crippen LogP contribution in [0.5, 0.6) is 11.5 Å². The summed E-state index contributed by atoms with van der Waals surface area (Å²) in [4.78, 5) is 10.7. The number of ketones is 1. The fraction of sp³-hybridized carbons (Fsp3) is 0.316. The first kappa shape index (κ1) is 19.2. The Balaban J connectivity index is 0.000000231. The fourth-order valence-electron chi connectivity index (χ4n) is 2.09. The second kappa shape index (κ2) is 9.36. The highest BCUT2D eigenvalue weighted by molar-refractivity contribution is 9.10. The van der Waals surface area contributed by atoms with Gasteiger partial charge < -0.3 is 10.2 Å². The van der Waals surface area contributed by atoms with Crippen molar-refractivity contribution in [1.82, 2.24) is 0 Å². The Morgan fingerprint density at radius 1 is 1.13 bits per heavy atom. The number of halogens is 1. The van der Waals surface area contributed by atoms with Crippen LogP contribution in [0.15, 0.2) is 40.9 Å². The first-order valence-electron chi connectivity index (χ1n) is 7.63. The smallest absolute Gasteiger partial charge is 0.163 e. The molecule has 0 aromatic heterocycles. The topological polar surface area (TPSA) is 57.5 Å². The van der Waals surface area contributed by atoms with Crippen molar-refractivity contribution in [3.63, 3.8) is 0 Å². The van der Waals surface area contributed by atoms with Gasteiger partial charge in [-0.1, -0.05) is 35.3 Å². The van der Waals surface area contributed by atoms with Crippen molar-refractivity contribution in [2.24, 2.45) is 0 Å². The lowest BCUT2D eigenvalue weighted by atomic mass is 10.0. The van der Waals surface area contributed by atoms with Gasteiger partial charge in [-0.15, -0.1) is 0 Å². The largest absolute Gasteiger partial charge is 0.508 e. The molecule has 0 spiro atoms. The molecule has 2 aromatic rings. The number of phenols is 2. The zero-order chi connectivity index (χ0) is 17.4. The van der Waals surface area contributed by atoms with Crippen LogP contribution in [0.2, 0.25) is 0 Å². The number of aromatic hydroxyl groups is 2. The third-order valence-electron chi connectivity index (χ3n) is 3.47. The normalized spacial score (nSPS) is 9.91. The van der Waals surface area contributed by atoms with Crippen molar-refractivity contribution < 1.29 is 15.0 Å². The van der Waals surface area contributed by atoms with E-state index >= 15 is 0 Å². The van der Waals surface area contributed by atoms with Crippen molar-refractivity contribution in [2.45, 2.75) is 40.0 Å². The standard InChI is InChI=1S/C11H15Br.C8H8O3/c1-3-4-5-10-8-11(12)7-6-9(10)2;1-5(9)7-3-2-6(10)4-8(7)11/h6-8H,3-5H2,1-2H3;2-4,10-11H,1H3. The van der Waals surface area contributed by atoms with E-state index in [1.807, 2.05) is 0 Å². The molecular weight excluding hydrogens is 356 g/mol. The van der Waals surface area contributed by atoms with E-state index in [1.165, 1.54) is 53.9 Å². The molecule has 2 N–H and O–H groups in total. The molecule has 4 heteroatoms. The van der Waals surface area contributed by atoms with Crippen LogP contribution < -0.4 is 0 Å². The zero-order valence-electron chi connectivity index (χ0n) is 13.8. The van der Waals surface area contributed by atoms with Gasteiger partial charge in [-0.25, -0.2) is 0 Å². The van der Waals surface area contributed by atoms with Gasteiger partial charge in [0.2, 0.25) is 0 Å². The number of phenolic OH excluding ortho intramolecular Hbond substituents is 2. The SMILES string of the molecule is CC(=O)c1ccc(O)cc1O.CCCCc1cc(Br)ccc1C. The Labute approximate surface area is 146 Å². The molecular formula is C19H23BrO3. The molecule has 2 rings (SSSR count). The minimum atomic E-state index is -0.220. The second-order valence-corrected chi connectivity index (χ2v) is 6.35. The van der Waals surface area contributed by atoms with E-state index in [0.717, 1.165) is 6.07 Å². The maximum absolute atomic E-state index is 10.7. The number of benzene rings is 2. The number of rotatable bonds is 4. The summed E-state index contributed by atoms with van der Waals surface area (Å²) in [6.07, 6.45) is 3.77. The molecule has 0 bridgehead atoms. The number of hydrogen-bond acceptors (Lipinski definition) is 3. The first-order chi connectivity index (χ1) is 10.8. The van der Waals surface area contributed by atoms with E-state index in [9.17, 15) is 4.79 Å². The lowest BCUT2D eigenvalue weighted by molar-refractivity contribution is 0.101. The summed E-state index contributed by atoms with van der Waals surface area (Å²) >= 11 is 3.49. The Hall–Kier alpha value is -1.81. The van der Waals surface area contributed by atoms with E-state index in [0.29, 0.717) is 0 Å². The Bertz CT molecular complexity index is 666. The second-order valence-electron chi connectivity index (χ2n) is 5.43. The third kappa shape index (κ3) is 6.45. The van der Waals surface area contributed by atoms with Gasteiger partial charge in [0.05, 0.1) is 5.56 Å².